The first-order valence-corrected chi connectivity index (χ1v) is 9.97. The van der Waals surface area contributed by atoms with Gasteiger partial charge in [-0.2, -0.15) is 0 Å². The molecule has 0 aromatic carbocycles. The minimum absolute atomic E-state index is 0.131. The molecule has 132 valence electrons. The minimum Gasteiger partial charge on any atom is -0.372 e. The number of hydrogen-bond donors (Lipinski definition) is 0. The normalized spacial score (nSPS) is 22.8. The Hall–Kier alpha value is -1.72. The van der Waals surface area contributed by atoms with Crippen molar-refractivity contribution in [2.24, 2.45) is 5.92 Å². The van der Waals surface area contributed by atoms with Gasteiger partial charge < -0.3 is 9.64 Å². The first-order chi connectivity index (χ1) is 12.2. The second-order valence-corrected chi connectivity index (χ2v) is 8.19. The van der Waals surface area contributed by atoms with Crippen molar-refractivity contribution in [3.8, 4) is 0 Å². The highest BCUT2D eigenvalue weighted by molar-refractivity contribution is 7.10. The number of aromatic nitrogens is 1. The van der Waals surface area contributed by atoms with Gasteiger partial charge in [-0.25, -0.2) is 0 Å². The maximum Gasteiger partial charge on any atom is 0.255 e. The van der Waals surface area contributed by atoms with Crippen LogP contribution in [0.25, 0.3) is 0 Å². The van der Waals surface area contributed by atoms with Crippen LogP contribution in [0.1, 0.15) is 46.1 Å². The molecule has 5 heteroatoms. The zero-order valence-electron chi connectivity index (χ0n) is 14.6. The summed E-state index contributed by atoms with van der Waals surface area (Å²) in [6.45, 7) is 4.38. The van der Waals surface area contributed by atoms with Gasteiger partial charge in [0, 0.05) is 35.7 Å². The van der Waals surface area contributed by atoms with Crippen LogP contribution in [0.3, 0.4) is 0 Å². The van der Waals surface area contributed by atoms with Crippen molar-refractivity contribution in [3.05, 3.63) is 51.5 Å². The fourth-order valence-corrected chi connectivity index (χ4v) is 5.01. The molecule has 0 N–H and O–H groups in total. The van der Waals surface area contributed by atoms with E-state index in [0.29, 0.717) is 13.2 Å². The first-order valence-electron chi connectivity index (χ1n) is 9.09. The highest BCUT2D eigenvalue weighted by atomic mass is 32.1. The Morgan fingerprint density at radius 3 is 3.04 bits per heavy atom. The van der Waals surface area contributed by atoms with Gasteiger partial charge in [0.15, 0.2) is 0 Å². The fourth-order valence-electron chi connectivity index (χ4n) is 3.77. The van der Waals surface area contributed by atoms with E-state index < -0.39 is 0 Å². The summed E-state index contributed by atoms with van der Waals surface area (Å²) >= 11 is 1.77. The van der Waals surface area contributed by atoms with Crippen molar-refractivity contribution in [3.63, 3.8) is 0 Å². The van der Waals surface area contributed by atoms with Gasteiger partial charge in [-0.1, -0.05) is 6.92 Å². The molecule has 0 unspecified atom stereocenters. The van der Waals surface area contributed by atoms with E-state index in [9.17, 15) is 4.79 Å². The van der Waals surface area contributed by atoms with Gasteiger partial charge in [0.25, 0.3) is 5.91 Å². The lowest BCUT2D eigenvalue weighted by molar-refractivity contribution is 0.0437. The molecule has 1 fully saturated rings. The number of carbonyl (C=O) groups excluding carboxylic acids is 1. The number of likely N-dealkylation sites (tertiary alicyclic amines) is 1. The van der Waals surface area contributed by atoms with E-state index in [1.807, 2.05) is 17.0 Å². The summed E-state index contributed by atoms with van der Waals surface area (Å²) in [5, 5.41) is 2.08. The van der Waals surface area contributed by atoms with Crippen molar-refractivity contribution in [2.45, 2.75) is 45.3 Å². The van der Waals surface area contributed by atoms with Crippen molar-refractivity contribution < 1.29 is 9.53 Å². The monoisotopic (exact) mass is 356 g/mol. The topological polar surface area (TPSA) is 42.4 Å². The molecule has 25 heavy (non-hydrogen) atoms. The van der Waals surface area contributed by atoms with Crippen molar-refractivity contribution >= 4 is 17.2 Å². The fraction of sp³-hybridized carbons (Fsp3) is 0.500. The van der Waals surface area contributed by atoms with Crippen LogP contribution in [0.4, 0.5) is 0 Å². The van der Waals surface area contributed by atoms with Crippen LogP contribution in [0.2, 0.25) is 0 Å². The van der Waals surface area contributed by atoms with E-state index in [4.69, 9.17) is 4.74 Å². The zero-order valence-corrected chi connectivity index (χ0v) is 15.4. The van der Waals surface area contributed by atoms with Crippen LogP contribution in [-0.4, -0.2) is 35.0 Å². The van der Waals surface area contributed by atoms with E-state index >= 15 is 0 Å². The quantitative estimate of drug-likeness (QED) is 0.839. The standard InChI is InChI=1S/C20H24N2O2S/c1-14-2-3-17-18(13-25-19(17)10-14)20(23)22-9-6-16(11-22)24-12-15-4-7-21-8-5-15/h4-5,7-8,13-14,16H,2-3,6,9-12H2,1H3/t14-,16-/m1/s1. The number of pyridine rings is 1. The van der Waals surface area contributed by atoms with E-state index in [0.717, 1.165) is 42.9 Å². The molecule has 4 rings (SSSR count). The summed E-state index contributed by atoms with van der Waals surface area (Å²) in [5.41, 5.74) is 3.39. The molecule has 4 nitrogen and oxygen atoms in total. The molecule has 0 spiro atoms. The van der Waals surface area contributed by atoms with Crippen LogP contribution in [0.5, 0.6) is 0 Å². The highest BCUT2D eigenvalue weighted by Gasteiger charge is 2.31. The lowest BCUT2D eigenvalue weighted by Gasteiger charge is -2.21. The molecule has 2 aliphatic rings. The van der Waals surface area contributed by atoms with Gasteiger partial charge in [0.05, 0.1) is 18.3 Å². The SMILES string of the molecule is C[C@@H]1CCc2c(C(=O)N3CC[C@@H](OCc4ccncc4)C3)csc2C1. The molecular weight excluding hydrogens is 332 g/mol. The van der Waals surface area contributed by atoms with Gasteiger partial charge in [0.2, 0.25) is 0 Å². The van der Waals surface area contributed by atoms with E-state index in [-0.39, 0.29) is 12.0 Å². The first kappa shape index (κ1) is 16.7. The number of thiophene rings is 1. The maximum atomic E-state index is 13.0. The molecule has 2 aromatic rings. The molecule has 1 aliphatic heterocycles. The molecule has 0 radical (unpaired) electrons. The number of fused-ring (bicyclic) bond motifs is 1. The number of rotatable bonds is 4. The summed E-state index contributed by atoms with van der Waals surface area (Å²) in [4.78, 5) is 20.4. The van der Waals surface area contributed by atoms with Crippen LogP contribution >= 0.6 is 11.3 Å². The summed E-state index contributed by atoms with van der Waals surface area (Å²) in [6, 6.07) is 3.94. The molecule has 1 aliphatic carbocycles. The molecule has 0 saturated carbocycles. The summed E-state index contributed by atoms with van der Waals surface area (Å²) < 4.78 is 5.99. The number of amides is 1. The second-order valence-electron chi connectivity index (χ2n) is 7.23. The third-order valence-electron chi connectivity index (χ3n) is 5.30. The molecule has 1 amide bonds. The van der Waals surface area contributed by atoms with E-state index in [1.165, 1.54) is 16.9 Å². The summed E-state index contributed by atoms with van der Waals surface area (Å²) in [7, 11) is 0. The predicted molar refractivity (Wildman–Crippen MR) is 98.8 cm³/mol. The van der Waals surface area contributed by atoms with Gasteiger partial charge >= 0.3 is 0 Å². The number of carbonyl (C=O) groups is 1. The lowest BCUT2D eigenvalue weighted by atomic mass is 9.88. The van der Waals surface area contributed by atoms with Gasteiger partial charge in [0.1, 0.15) is 0 Å². The molecule has 0 bridgehead atoms. The second kappa shape index (κ2) is 7.26. The van der Waals surface area contributed by atoms with E-state index in [1.54, 1.807) is 23.7 Å². The Bertz CT molecular complexity index is 743. The minimum atomic E-state index is 0.131. The van der Waals surface area contributed by atoms with Gasteiger partial charge in [-0.05, 0) is 54.9 Å². The van der Waals surface area contributed by atoms with Crippen LogP contribution < -0.4 is 0 Å². The molecule has 1 saturated heterocycles. The summed E-state index contributed by atoms with van der Waals surface area (Å²) in [5.74, 6) is 0.939. The van der Waals surface area contributed by atoms with Gasteiger partial charge in [-0.3, -0.25) is 9.78 Å². The van der Waals surface area contributed by atoms with Crippen molar-refractivity contribution in [1.82, 2.24) is 9.88 Å². The van der Waals surface area contributed by atoms with Crippen LogP contribution in [-0.2, 0) is 24.2 Å². The van der Waals surface area contributed by atoms with Crippen molar-refractivity contribution in [1.29, 1.82) is 0 Å². The zero-order chi connectivity index (χ0) is 17.2. The third kappa shape index (κ3) is 3.62. The Morgan fingerprint density at radius 2 is 2.20 bits per heavy atom. The van der Waals surface area contributed by atoms with E-state index in [2.05, 4.69) is 17.3 Å². The maximum absolute atomic E-state index is 13.0. The Balaban J connectivity index is 1.36. The number of hydrogen-bond acceptors (Lipinski definition) is 4. The third-order valence-corrected chi connectivity index (χ3v) is 6.35. The van der Waals surface area contributed by atoms with Crippen LogP contribution in [0.15, 0.2) is 29.9 Å². The Labute approximate surface area is 152 Å². The smallest absolute Gasteiger partial charge is 0.255 e. The number of nitrogens with zero attached hydrogens (tertiary/aromatic N) is 2. The predicted octanol–water partition coefficient (Wildman–Crippen LogP) is 3.70. The number of ether oxygens (including phenoxy) is 1. The average molecular weight is 356 g/mol. The highest BCUT2D eigenvalue weighted by Crippen LogP contribution is 2.34. The lowest BCUT2D eigenvalue weighted by Crippen LogP contribution is -2.30. The summed E-state index contributed by atoms with van der Waals surface area (Å²) in [6.07, 6.45) is 7.99. The molecule has 2 aromatic heterocycles. The Kier molecular flexibility index (Phi) is 4.86. The largest absolute Gasteiger partial charge is 0.372 e. The van der Waals surface area contributed by atoms with Gasteiger partial charge in [-0.15, -0.1) is 11.3 Å². The van der Waals surface area contributed by atoms with Crippen LogP contribution in [0, 0.1) is 5.92 Å². The van der Waals surface area contributed by atoms with Crippen molar-refractivity contribution in [2.75, 3.05) is 13.1 Å². The molecule has 3 heterocycles. The Morgan fingerprint density at radius 1 is 1.36 bits per heavy atom. The molecular formula is C20H24N2O2S. The molecule has 2 atom stereocenters. The average Bonchev–Trinajstić information content (AvgIpc) is 3.27.